The molecular weight excluding hydrogens is 343 g/mol. The Morgan fingerprint density at radius 3 is 1.12 bits per heavy atom. The van der Waals surface area contributed by atoms with E-state index in [1.165, 1.54) is 12.2 Å². The van der Waals surface area contributed by atoms with Gasteiger partial charge in [-0.15, -0.1) is 0 Å². The summed E-state index contributed by atoms with van der Waals surface area (Å²) in [7, 11) is 0. The summed E-state index contributed by atoms with van der Waals surface area (Å²) in [4.78, 5) is 23.1. The van der Waals surface area contributed by atoms with Crippen LogP contribution in [0.1, 0.15) is 31.8 Å². The van der Waals surface area contributed by atoms with Crippen LogP contribution in [0.4, 0.5) is 0 Å². The standard InChI is InChI=1S/C20H14Cl2O2/c1-3-17(23)13-5-9-15(10-6-13)19(21)20(22)16-11-7-14(8-12-16)18(24)4-2/h3-12H,1-2H2. The van der Waals surface area contributed by atoms with E-state index < -0.39 is 0 Å². The number of carbonyl (C=O) groups is 2. The molecule has 2 aromatic rings. The van der Waals surface area contributed by atoms with Crippen LogP contribution < -0.4 is 0 Å². The molecule has 24 heavy (non-hydrogen) atoms. The third-order valence-corrected chi connectivity index (χ3v) is 4.32. The highest BCUT2D eigenvalue weighted by Crippen LogP contribution is 2.32. The van der Waals surface area contributed by atoms with Crippen molar-refractivity contribution in [3.63, 3.8) is 0 Å². The van der Waals surface area contributed by atoms with Gasteiger partial charge in [0.1, 0.15) is 0 Å². The van der Waals surface area contributed by atoms with Crippen molar-refractivity contribution >= 4 is 44.8 Å². The van der Waals surface area contributed by atoms with Crippen LogP contribution in [0, 0.1) is 0 Å². The fraction of sp³-hybridized carbons (Fsp3) is 0. The first kappa shape index (κ1) is 17.9. The highest BCUT2D eigenvalue weighted by Gasteiger charge is 2.10. The lowest BCUT2D eigenvalue weighted by Gasteiger charge is -2.06. The first-order chi connectivity index (χ1) is 11.5. The molecule has 120 valence electrons. The Balaban J connectivity index is 2.33. The average molecular weight is 357 g/mol. The van der Waals surface area contributed by atoms with Gasteiger partial charge in [-0.3, -0.25) is 9.59 Å². The van der Waals surface area contributed by atoms with Crippen molar-refractivity contribution in [2.45, 2.75) is 0 Å². The lowest BCUT2D eigenvalue weighted by Crippen LogP contribution is -1.94. The van der Waals surface area contributed by atoms with Crippen LogP contribution >= 0.6 is 23.2 Å². The molecule has 0 N–H and O–H groups in total. The SMILES string of the molecule is C=CC(=O)c1ccc(C(Cl)=C(Cl)c2ccc(C(=O)C=C)cc2)cc1. The number of halogens is 2. The number of hydrogen-bond donors (Lipinski definition) is 0. The molecule has 0 atom stereocenters. The quantitative estimate of drug-likeness (QED) is 0.376. The topological polar surface area (TPSA) is 34.1 Å². The molecule has 2 aromatic carbocycles. The molecule has 0 bridgehead atoms. The van der Waals surface area contributed by atoms with Gasteiger partial charge in [-0.2, -0.15) is 0 Å². The molecule has 0 saturated carbocycles. The normalized spacial score (nSPS) is 11.4. The lowest BCUT2D eigenvalue weighted by atomic mass is 10.0. The van der Waals surface area contributed by atoms with Crippen molar-refractivity contribution in [2.75, 3.05) is 0 Å². The summed E-state index contributed by atoms with van der Waals surface area (Å²) in [5.74, 6) is -0.314. The number of ketones is 2. The smallest absolute Gasteiger partial charge is 0.185 e. The zero-order chi connectivity index (χ0) is 17.7. The zero-order valence-electron chi connectivity index (χ0n) is 12.8. The van der Waals surface area contributed by atoms with Crippen LogP contribution in [0.3, 0.4) is 0 Å². The molecule has 0 aromatic heterocycles. The predicted molar refractivity (Wildman–Crippen MR) is 100 cm³/mol. The number of rotatable bonds is 6. The van der Waals surface area contributed by atoms with Crippen LogP contribution in [0.2, 0.25) is 0 Å². The monoisotopic (exact) mass is 356 g/mol. The van der Waals surface area contributed by atoms with Crippen LogP contribution in [0.25, 0.3) is 10.1 Å². The number of allylic oxidation sites excluding steroid dienone is 2. The van der Waals surface area contributed by atoms with Crippen molar-refractivity contribution in [1.82, 2.24) is 0 Å². The molecular formula is C20H14Cl2O2. The molecule has 0 amide bonds. The minimum absolute atomic E-state index is 0.157. The molecule has 2 nitrogen and oxygen atoms in total. The molecule has 0 aliphatic rings. The van der Waals surface area contributed by atoms with Crippen molar-refractivity contribution in [3.8, 4) is 0 Å². The van der Waals surface area contributed by atoms with Crippen LogP contribution in [0.5, 0.6) is 0 Å². The Bertz CT molecular complexity index is 757. The van der Waals surface area contributed by atoms with Crippen LogP contribution in [-0.2, 0) is 0 Å². The molecule has 0 aliphatic heterocycles. The Labute approximate surface area is 150 Å². The predicted octanol–water partition coefficient (Wildman–Crippen LogP) is 5.73. The van der Waals surface area contributed by atoms with Gasteiger partial charge < -0.3 is 0 Å². The number of hydrogen-bond acceptors (Lipinski definition) is 2. The second kappa shape index (κ2) is 7.91. The van der Waals surface area contributed by atoms with E-state index in [9.17, 15) is 9.59 Å². The molecule has 0 unspecified atom stereocenters. The van der Waals surface area contributed by atoms with Gasteiger partial charge in [0, 0.05) is 11.1 Å². The molecule has 0 heterocycles. The maximum Gasteiger partial charge on any atom is 0.185 e. The van der Waals surface area contributed by atoms with E-state index in [4.69, 9.17) is 23.2 Å². The molecule has 0 aliphatic carbocycles. The number of carbonyl (C=O) groups excluding carboxylic acids is 2. The molecule has 4 heteroatoms. The van der Waals surface area contributed by atoms with E-state index in [1.54, 1.807) is 48.5 Å². The third kappa shape index (κ3) is 3.91. The minimum Gasteiger partial charge on any atom is -0.289 e. The Morgan fingerprint density at radius 2 is 0.875 bits per heavy atom. The number of benzene rings is 2. The van der Waals surface area contributed by atoms with Crippen molar-refractivity contribution in [3.05, 3.63) is 96.1 Å². The molecule has 0 spiro atoms. The summed E-state index contributed by atoms with van der Waals surface area (Å²) in [6.07, 6.45) is 2.51. The van der Waals surface area contributed by atoms with E-state index in [1.807, 2.05) is 0 Å². The molecule has 0 saturated heterocycles. The van der Waals surface area contributed by atoms with E-state index in [0.29, 0.717) is 32.3 Å². The van der Waals surface area contributed by atoms with Crippen molar-refractivity contribution in [1.29, 1.82) is 0 Å². The van der Waals surface area contributed by atoms with Gasteiger partial charge in [0.2, 0.25) is 0 Å². The Morgan fingerprint density at radius 1 is 0.625 bits per heavy atom. The van der Waals surface area contributed by atoms with Gasteiger partial charge in [-0.1, -0.05) is 84.9 Å². The van der Waals surface area contributed by atoms with Gasteiger partial charge in [-0.25, -0.2) is 0 Å². The molecule has 2 rings (SSSR count). The first-order valence-electron chi connectivity index (χ1n) is 7.07. The molecule has 0 radical (unpaired) electrons. The van der Waals surface area contributed by atoms with Gasteiger partial charge in [0.15, 0.2) is 11.6 Å². The van der Waals surface area contributed by atoms with Crippen LogP contribution in [0.15, 0.2) is 73.8 Å². The fourth-order valence-corrected chi connectivity index (χ4v) is 2.52. The Hall–Kier alpha value is -2.42. The highest BCUT2D eigenvalue weighted by atomic mass is 35.5. The summed E-state index contributed by atoms with van der Waals surface area (Å²) in [5.41, 5.74) is 2.44. The van der Waals surface area contributed by atoms with Gasteiger partial charge in [0.25, 0.3) is 0 Å². The van der Waals surface area contributed by atoms with Gasteiger partial charge in [0.05, 0.1) is 10.1 Å². The second-order valence-electron chi connectivity index (χ2n) is 4.92. The third-order valence-electron chi connectivity index (χ3n) is 3.41. The largest absolute Gasteiger partial charge is 0.289 e. The first-order valence-corrected chi connectivity index (χ1v) is 7.83. The summed E-state index contributed by atoms with van der Waals surface area (Å²) < 4.78 is 0. The summed E-state index contributed by atoms with van der Waals surface area (Å²) in [5, 5.41) is 0.717. The van der Waals surface area contributed by atoms with E-state index in [2.05, 4.69) is 13.2 Å². The fourth-order valence-electron chi connectivity index (χ4n) is 2.05. The molecule has 0 fully saturated rings. The highest BCUT2D eigenvalue weighted by molar-refractivity contribution is 6.65. The zero-order valence-corrected chi connectivity index (χ0v) is 14.3. The Kier molecular flexibility index (Phi) is 5.91. The van der Waals surface area contributed by atoms with E-state index >= 15 is 0 Å². The second-order valence-corrected chi connectivity index (χ2v) is 5.68. The average Bonchev–Trinajstić information content (AvgIpc) is 2.65. The van der Waals surface area contributed by atoms with Crippen molar-refractivity contribution < 1.29 is 9.59 Å². The lowest BCUT2D eigenvalue weighted by molar-refractivity contribution is 0.103. The summed E-state index contributed by atoms with van der Waals surface area (Å²) in [6, 6.07) is 13.5. The summed E-state index contributed by atoms with van der Waals surface area (Å²) in [6.45, 7) is 6.90. The maximum atomic E-state index is 11.5. The minimum atomic E-state index is -0.157. The van der Waals surface area contributed by atoms with E-state index in [0.717, 1.165) is 0 Å². The van der Waals surface area contributed by atoms with Gasteiger partial charge >= 0.3 is 0 Å². The summed E-state index contributed by atoms with van der Waals surface area (Å²) >= 11 is 12.7. The maximum absolute atomic E-state index is 11.5. The van der Waals surface area contributed by atoms with E-state index in [-0.39, 0.29) is 11.6 Å². The van der Waals surface area contributed by atoms with Gasteiger partial charge in [-0.05, 0) is 23.3 Å². The van der Waals surface area contributed by atoms with Crippen LogP contribution in [-0.4, -0.2) is 11.6 Å². The van der Waals surface area contributed by atoms with Crippen molar-refractivity contribution in [2.24, 2.45) is 0 Å².